The number of aryl methyl sites for hydroxylation is 3. The van der Waals surface area contributed by atoms with Crippen LogP contribution in [0.25, 0.3) is 0 Å². The molecule has 1 aromatic carbocycles. The summed E-state index contributed by atoms with van der Waals surface area (Å²) in [6.07, 6.45) is 0.910. The topological polar surface area (TPSA) is 41.4 Å². The molecule has 0 aliphatic carbocycles. The van der Waals surface area contributed by atoms with Crippen LogP contribution in [0.2, 0.25) is 0 Å². The van der Waals surface area contributed by atoms with Gasteiger partial charge in [-0.25, -0.2) is 8.78 Å². The van der Waals surface area contributed by atoms with E-state index >= 15 is 0 Å². The van der Waals surface area contributed by atoms with Gasteiger partial charge in [0.2, 0.25) is 5.91 Å². The molecule has 2 aromatic rings. The van der Waals surface area contributed by atoms with E-state index in [1.165, 1.54) is 0 Å². The van der Waals surface area contributed by atoms with Gasteiger partial charge < -0.3 is 4.90 Å². The maximum atomic E-state index is 14.9. The van der Waals surface area contributed by atoms with Gasteiger partial charge in [0.25, 0.3) is 5.92 Å². The molecule has 2 aliphatic heterocycles. The zero-order valence-electron chi connectivity index (χ0n) is 18.0. The molecule has 1 atom stereocenters. The molecule has 2 fully saturated rings. The van der Waals surface area contributed by atoms with Crippen LogP contribution in [0, 0.1) is 19.3 Å². The van der Waals surface area contributed by atoms with Crippen LogP contribution in [-0.4, -0.2) is 51.0 Å². The second-order valence-electron chi connectivity index (χ2n) is 9.12. The minimum absolute atomic E-state index is 0.137. The summed E-state index contributed by atoms with van der Waals surface area (Å²) in [7, 11) is 1.85. The zero-order chi connectivity index (χ0) is 21.5. The summed E-state index contributed by atoms with van der Waals surface area (Å²) in [6.45, 7) is 5.46. The Morgan fingerprint density at radius 2 is 1.90 bits per heavy atom. The van der Waals surface area contributed by atoms with Crippen LogP contribution in [0.5, 0.6) is 0 Å². The summed E-state index contributed by atoms with van der Waals surface area (Å²) >= 11 is 0. The largest absolute Gasteiger partial charge is 0.336 e. The van der Waals surface area contributed by atoms with Gasteiger partial charge in [0.05, 0.1) is 29.9 Å². The number of piperidine rings is 2. The molecular formula is C23H30F2N4O. The van der Waals surface area contributed by atoms with Crippen molar-refractivity contribution in [2.45, 2.75) is 52.1 Å². The van der Waals surface area contributed by atoms with E-state index in [0.717, 1.165) is 28.9 Å². The minimum Gasteiger partial charge on any atom is -0.336 e. The van der Waals surface area contributed by atoms with Crippen molar-refractivity contribution in [3.63, 3.8) is 0 Å². The smallest absolute Gasteiger partial charge is 0.261 e. The highest BCUT2D eigenvalue weighted by Gasteiger charge is 2.55. The van der Waals surface area contributed by atoms with E-state index in [1.807, 2.05) is 51.2 Å². The third-order valence-corrected chi connectivity index (χ3v) is 6.51. The van der Waals surface area contributed by atoms with Gasteiger partial charge in [-0.05, 0) is 43.9 Å². The third kappa shape index (κ3) is 4.13. The fourth-order valence-electron chi connectivity index (χ4n) is 5.18. The van der Waals surface area contributed by atoms with E-state index in [1.54, 1.807) is 14.5 Å². The van der Waals surface area contributed by atoms with Gasteiger partial charge in [-0.15, -0.1) is 0 Å². The monoisotopic (exact) mass is 416 g/mol. The molecule has 1 aromatic heterocycles. The Morgan fingerprint density at radius 1 is 1.13 bits per heavy atom. The second-order valence-corrected chi connectivity index (χ2v) is 9.12. The van der Waals surface area contributed by atoms with Crippen LogP contribution < -0.4 is 0 Å². The van der Waals surface area contributed by atoms with Crippen LogP contribution in [0.15, 0.2) is 30.3 Å². The molecule has 0 saturated carbocycles. The summed E-state index contributed by atoms with van der Waals surface area (Å²) < 4.78 is 31.5. The Bertz CT molecular complexity index is 941. The van der Waals surface area contributed by atoms with Crippen molar-refractivity contribution in [2.24, 2.45) is 12.5 Å². The van der Waals surface area contributed by atoms with Crippen molar-refractivity contribution >= 4 is 5.91 Å². The molecule has 0 radical (unpaired) electrons. The van der Waals surface area contributed by atoms with Crippen molar-refractivity contribution in [3.05, 3.63) is 52.8 Å². The van der Waals surface area contributed by atoms with E-state index in [9.17, 15) is 13.6 Å². The molecule has 5 nitrogen and oxygen atoms in total. The number of carbonyl (C=O) groups excluding carboxylic acids is 1. The lowest BCUT2D eigenvalue weighted by molar-refractivity contribution is -0.171. The van der Waals surface area contributed by atoms with Crippen molar-refractivity contribution in [1.82, 2.24) is 19.6 Å². The van der Waals surface area contributed by atoms with E-state index in [2.05, 4.69) is 5.10 Å². The predicted octanol–water partition coefficient (Wildman–Crippen LogP) is 3.69. The fraction of sp³-hybridized carbons (Fsp3) is 0.565. The highest BCUT2D eigenvalue weighted by Crippen LogP contribution is 2.45. The highest BCUT2D eigenvalue weighted by molar-refractivity contribution is 5.84. The molecule has 3 heterocycles. The van der Waals surface area contributed by atoms with Crippen LogP contribution in [0.4, 0.5) is 8.78 Å². The third-order valence-electron chi connectivity index (χ3n) is 6.51. The van der Waals surface area contributed by atoms with Gasteiger partial charge in [0.1, 0.15) is 0 Å². The van der Waals surface area contributed by atoms with Crippen molar-refractivity contribution in [1.29, 1.82) is 0 Å². The molecule has 7 heteroatoms. The number of amides is 1. The number of aromatic nitrogens is 2. The second kappa shape index (κ2) is 7.76. The zero-order valence-corrected chi connectivity index (χ0v) is 18.0. The lowest BCUT2D eigenvalue weighted by Crippen LogP contribution is -2.60. The number of carbonyl (C=O) groups is 1. The average molecular weight is 417 g/mol. The molecule has 0 N–H and O–H groups in total. The standard InChI is InChI=1S/C23H30F2N4O/c1-17-7-4-5-8-19(17)12-28-15-22(14-23(24,25)16-28)9-6-10-29(21(22)30)13-20-11-18(2)26-27(20)3/h4-5,7-8,11H,6,9-10,12-16H2,1-3H3. The number of nitrogens with zero attached hydrogens (tertiary/aromatic N) is 4. The molecule has 1 spiro atoms. The molecule has 1 unspecified atom stereocenters. The normalized spacial score (nSPS) is 24.6. The van der Waals surface area contributed by atoms with Gasteiger partial charge >= 0.3 is 0 Å². The molecule has 162 valence electrons. The molecule has 0 bridgehead atoms. The van der Waals surface area contributed by atoms with Gasteiger partial charge in [0.15, 0.2) is 0 Å². The Labute approximate surface area is 176 Å². The van der Waals surface area contributed by atoms with Crippen molar-refractivity contribution in [3.8, 4) is 0 Å². The first kappa shape index (κ1) is 21.0. The quantitative estimate of drug-likeness (QED) is 0.763. The molecular weight excluding hydrogens is 386 g/mol. The maximum absolute atomic E-state index is 14.9. The molecule has 4 rings (SSSR count). The first-order valence-corrected chi connectivity index (χ1v) is 10.6. The minimum atomic E-state index is -2.87. The number of hydrogen-bond acceptors (Lipinski definition) is 3. The Hall–Kier alpha value is -2.28. The van der Waals surface area contributed by atoms with E-state index < -0.39 is 11.3 Å². The fourth-order valence-corrected chi connectivity index (χ4v) is 5.18. The lowest BCUT2D eigenvalue weighted by Gasteiger charge is -2.49. The summed E-state index contributed by atoms with van der Waals surface area (Å²) in [5.41, 5.74) is 2.92. The first-order valence-electron chi connectivity index (χ1n) is 10.6. The van der Waals surface area contributed by atoms with Crippen LogP contribution in [-0.2, 0) is 24.9 Å². The van der Waals surface area contributed by atoms with E-state index in [-0.39, 0.29) is 18.9 Å². The lowest BCUT2D eigenvalue weighted by atomic mass is 9.71. The number of alkyl halides is 2. The number of rotatable bonds is 4. The number of benzene rings is 1. The Morgan fingerprint density at radius 3 is 2.60 bits per heavy atom. The predicted molar refractivity (Wildman–Crippen MR) is 111 cm³/mol. The first-order chi connectivity index (χ1) is 14.2. The van der Waals surface area contributed by atoms with Gasteiger partial charge in [-0.2, -0.15) is 5.10 Å². The molecule has 30 heavy (non-hydrogen) atoms. The van der Waals surface area contributed by atoms with E-state index in [4.69, 9.17) is 0 Å². The van der Waals surface area contributed by atoms with Crippen molar-refractivity contribution in [2.75, 3.05) is 19.6 Å². The number of hydrogen-bond donors (Lipinski definition) is 0. The Balaban J connectivity index is 1.56. The molecule has 2 aliphatic rings. The van der Waals surface area contributed by atoms with E-state index in [0.29, 0.717) is 32.6 Å². The van der Waals surface area contributed by atoms with Gasteiger partial charge in [-0.3, -0.25) is 14.4 Å². The average Bonchev–Trinajstić information content (AvgIpc) is 2.97. The van der Waals surface area contributed by atoms with Gasteiger partial charge in [-0.1, -0.05) is 24.3 Å². The summed E-state index contributed by atoms with van der Waals surface area (Å²) in [5.74, 6) is -3.01. The summed E-state index contributed by atoms with van der Waals surface area (Å²) in [4.78, 5) is 17.1. The van der Waals surface area contributed by atoms with Crippen LogP contribution in [0.3, 0.4) is 0 Å². The Kier molecular flexibility index (Phi) is 5.43. The maximum Gasteiger partial charge on any atom is 0.261 e. The van der Waals surface area contributed by atoms with Crippen molar-refractivity contribution < 1.29 is 13.6 Å². The summed E-state index contributed by atoms with van der Waals surface area (Å²) in [6, 6.07) is 9.82. The van der Waals surface area contributed by atoms with Crippen LogP contribution >= 0.6 is 0 Å². The van der Waals surface area contributed by atoms with Crippen LogP contribution in [0.1, 0.15) is 41.8 Å². The molecule has 2 saturated heterocycles. The molecule has 1 amide bonds. The number of halogens is 2. The summed E-state index contributed by atoms with van der Waals surface area (Å²) in [5, 5.41) is 4.35. The number of likely N-dealkylation sites (tertiary alicyclic amines) is 2. The van der Waals surface area contributed by atoms with Gasteiger partial charge in [0, 0.05) is 33.1 Å². The SMILES string of the molecule is Cc1cc(CN2CCCC3(CN(Cc4ccccc4C)CC(F)(F)C3)C2=O)n(C)n1. The highest BCUT2D eigenvalue weighted by atomic mass is 19.3.